The predicted octanol–water partition coefficient (Wildman–Crippen LogP) is 3.27. The molecule has 5 heteroatoms. The minimum absolute atomic E-state index is 0.0132. The van der Waals surface area contributed by atoms with Crippen LogP contribution < -0.4 is 0 Å². The Kier molecular flexibility index (Phi) is 6.71. The Morgan fingerprint density at radius 1 is 1.05 bits per heavy atom. The van der Waals surface area contributed by atoms with Crippen LogP contribution >= 0.6 is 0 Å². The highest BCUT2D eigenvalue weighted by molar-refractivity contribution is 7.90. The van der Waals surface area contributed by atoms with Gasteiger partial charge in [0.15, 0.2) is 9.84 Å². The first-order valence-electron chi connectivity index (χ1n) is 6.97. The van der Waals surface area contributed by atoms with E-state index in [1.54, 1.807) is 12.1 Å². The number of carboxylic acid groups (broad SMARTS) is 1. The van der Waals surface area contributed by atoms with E-state index in [0.29, 0.717) is 12.0 Å². The minimum atomic E-state index is -3.10. The van der Waals surface area contributed by atoms with Crippen LogP contribution in [-0.2, 0) is 15.6 Å². The summed E-state index contributed by atoms with van der Waals surface area (Å²) in [6, 6.07) is 6.01. The van der Waals surface area contributed by atoms with Gasteiger partial charge in [0.05, 0.1) is 17.1 Å². The first-order valence-corrected chi connectivity index (χ1v) is 8.79. The van der Waals surface area contributed by atoms with Gasteiger partial charge in [-0.15, -0.1) is 0 Å². The molecule has 0 amide bonds. The zero-order chi connectivity index (χ0) is 15.0. The Bertz CT molecular complexity index is 517. The first-order chi connectivity index (χ1) is 9.44. The second kappa shape index (κ2) is 8.04. The molecule has 0 unspecified atom stereocenters. The molecule has 1 aromatic carbocycles. The van der Waals surface area contributed by atoms with Crippen LogP contribution in [0.3, 0.4) is 0 Å². The SMILES string of the molecule is CCCCCCCS(=O)(=O)Cc1ccc(C(=O)O)cc1. The minimum Gasteiger partial charge on any atom is -0.478 e. The van der Waals surface area contributed by atoms with Gasteiger partial charge in [-0.1, -0.05) is 44.7 Å². The fraction of sp³-hybridized carbons (Fsp3) is 0.533. The van der Waals surface area contributed by atoms with Crippen molar-refractivity contribution in [2.75, 3.05) is 5.75 Å². The number of unbranched alkanes of at least 4 members (excludes halogenated alkanes) is 4. The number of benzene rings is 1. The van der Waals surface area contributed by atoms with Crippen molar-refractivity contribution in [3.8, 4) is 0 Å². The maximum absolute atomic E-state index is 11.9. The van der Waals surface area contributed by atoms with Gasteiger partial charge in [0.25, 0.3) is 0 Å². The van der Waals surface area contributed by atoms with Crippen molar-refractivity contribution in [1.29, 1.82) is 0 Å². The van der Waals surface area contributed by atoms with Crippen molar-refractivity contribution in [2.45, 2.75) is 44.8 Å². The van der Waals surface area contributed by atoms with E-state index in [1.165, 1.54) is 12.1 Å². The number of carboxylic acids is 1. The zero-order valence-corrected chi connectivity index (χ0v) is 12.7. The molecule has 112 valence electrons. The fourth-order valence-corrected chi connectivity index (χ4v) is 3.48. The standard InChI is InChI=1S/C15H22O4S/c1-2-3-4-5-6-11-20(18,19)12-13-7-9-14(10-8-13)15(16)17/h7-10H,2-6,11-12H2,1H3,(H,16,17). The number of carbonyl (C=O) groups is 1. The summed E-state index contributed by atoms with van der Waals surface area (Å²) < 4.78 is 23.9. The lowest BCUT2D eigenvalue weighted by Gasteiger charge is -2.05. The molecule has 0 atom stereocenters. The van der Waals surface area contributed by atoms with Crippen LogP contribution in [-0.4, -0.2) is 25.2 Å². The van der Waals surface area contributed by atoms with Crippen molar-refractivity contribution in [3.63, 3.8) is 0 Å². The lowest BCUT2D eigenvalue weighted by molar-refractivity contribution is 0.0697. The highest BCUT2D eigenvalue weighted by Crippen LogP contribution is 2.11. The maximum atomic E-state index is 11.9. The molecule has 0 aromatic heterocycles. The molecule has 0 saturated carbocycles. The third-order valence-electron chi connectivity index (χ3n) is 3.15. The van der Waals surface area contributed by atoms with Crippen molar-refractivity contribution >= 4 is 15.8 Å². The number of aromatic carboxylic acids is 1. The van der Waals surface area contributed by atoms with Crippen molar-refractivity contribution in [1.82, 2.24) is 0 Å². The molecule has 1 aromatic rings. The van der Waals surface area contributed by atoms with E-state index in [1.807, 2.05) is 0 Å². The van der Waals surface area contributed by atoms with E-state index in [0.717, 1.165) is 25.7 Å². The summed E-state index contributed by atoms with van der Waals surface area (Å²) in [4.78, 5) is 10.7. The number of hydrogen-bond acceptors (Lipinski definition) is 3. The Morgan fingerprint density at radius 3 is 2.20 bits per heavy atom. The maximum Gasteiger partial charge on any atom is 0.335 e. The molecule has 20 heavy (non-hydrogen) atoms. The Balaban J connectivity index is 2.47. The van der Waals surface area contributed by atoms with Crippen LogP contribution in [0.25, 0.3) is 0 Å². The molecule has 0 heterocycles. The van der Waals surface area contributed by atoms with Crippen LogP contribution in [0.4, 0.5) is 0 Å². The zero-order valence-electron chi connectivity index (χ0n) is 11.8. The summed E-state index contributed by atoms with van der Waals surface area (Å²) in [5, 5.41) is 8.78. The summed E-state index contributed by atoms with van der Waals surface area (Å²) in [6.07, 6.45) is 5.03. The molecule has 4 nitrogen and oxygen atoms in total. The monoisotopic (exact) mass is 298 g/mol. The van der Waals surface area contributed by atoms with E-state index in [2.05, 4.69) is 6.92 Å². The summed E-state index contributed by atoms with van der Waals surface area (Å²) in [5.41, 5.74) is 0.814. The normalized spacial score (nSPS) is 11.4. The van der Waals surface area contributed by atoms with E-state index in [4.69, 9.17) is 5.11 Å². The summed E-state index contributed by atoms with van der Waals surface area (Å²) >= 11 is 0. The summed E-state index contributed by atoms with van der Waals surface area (Å²) in [6.45, 7) is 2.12. The Hall–Kier alpha value is -1.36. The predicted molar refractivity (Wildman–Crippen MR) is 79.7 cm³/mol. The van der Waals surface area contributed by atoms with Crippen LogP contribution in [0.5, 0.6) is 0 Å². The molecule has 0 aliphatic carbocycles. The van der Waals surface area contributed by atoms with E-state index in [-0.39, 0.29) is 17.1 Å². The molecule has 0 saturated heterocycles. The molecule has 0 fully saturated rings. The van der Waals surface area contributed by atoms with Crippen molar-refractivity contribution < 1.29 is 18.3 Å². The smallest absolute Gasteiger partial charge is 0.335 e. The molecular formula is C15H22O4S. The van der Waals surface area contributed by atoms with Gasteiger partial charge >= 0.3 is 5.97 Å². The third kappa shape index (κ3) is 6.19. The van der Waals surface area contributed by atoms with Crippen molar-refractivity contribution in [3.05, 3.63) is 35.4 Å². The van der Waals surface area contributed by atoms with Gasteiger partial charge in [-0.3, -0.25) is 0 Å². The van der Waals surface area contributed by atoms with Gasteiger partial charge in [-0.05, 0) is 24.1 Å². The molecule has 1 N–H and O–H groups in total. The lowest BCUT2D eigenvalue weighted by Crippen LogP contribution is -2.09. The van der Waals surface area contributed by atoms with Gasteiger partial charge < -0.3 is 5.11 Å². The molecule has 0 aliphatic heterocycles. The molecule has 0 radical (unpaired) electrons. The van der Waals surface area contributed by atoms with E-state index in [9.17, 15) is 13.2 Å². The third-order valence-corrected chi connectivity index (χ3v) is 4.83. The van der Waals surface area contributed by atoms with E-state index < -0.39 is 15.8 Å². The van der Waals surface area contributed by atoms with Crippen LogP contribution in [0, 0.1) is 0 Å². The van der Waals surface area contributed by atoms with Crippen LogP contribution in [0.15, 0.2) is 24.3 Å². The lowest BCUT2D eigenvalue weighted by atomic mass is 10.1. The van der Waals surface area contributed by atoms with Crippen LogP contribution in [0.1, 0.15) is 54.9 Å². The van der Waals surface area contributed by atoms with E-state index >= 15 is 0 Å². The largest absolute Gasteiger partial charge is 0.478 e. The summed E-state index contributed by atoms with van der Waals surface area (Å²) in [7, 11) is -3.10. The highest BCUT2D eigenvalue weighted by atomic mass is 32.2. The van der Waals surface area contributed by atoms with Gasteiger partial charge in [0.2, 0.25) is 0 Å². The number of rotatable bonds is 9. The molecular weight excluding hydrogens is 276 g/mol. The quantitative estimate of drug-likeness (QED) is 0.710. The van der Waals surface area contributed by atoms with Crippen molar-refractivity contribution in [2.24, 2.45) is 0 Å². The molecule has 0 spiro atoms. The Morgan fingerprint density at radius 2 is 1.65 bits per heavy atom. The summed E-state index contributed by atoms with van der Waals surface area (Å²) in [5.74, 6) is -0.812. The average molecular weight is 298 g/mol. The molecule has 0 bridgehead atoms. The highest BCUT2D eigenvalue weighted by Gasteiger charge is 2.12. The average Bonchev–Trinajstić information content (AvgIpc) is 2.38. The van der Waals surface area contributed by atoms with Gasteiger partial charge in [0.1, 0.15) is 0 Å². The van der Waals surface area contributed by atoms with Gasteiger partial charge in [-0.2, -0.15) is 0 Å². The van der Waals surface area contributed by atoms with Crippen LogP contribution in [0.2, 0.25) is 0 Å². The number of sulfone groups is 1. The second-order valence-corrected chi connectivity index (χ2v) is 7.19. The fourth-order valence-electron chi connectivity index (χ4n) is 2.00. The van der Waals surface area contributed by atoms with Gasteiger partial charge in [0, 0.05) is 0 Å². The first kappa shape index (κ1) is 16.7. The molecule has 1 rings (SSSR count). The van der Waals surface area contributed by atoms with Gasteiger partial charge in [-0.25, -0.2) is 13.2 Å². The molecule has 0 aliphatic rings. The second-order valence-electron chi connectivity index (χ2n) is 5.01. The Labute approximate surface area is 120 Å². The topological polar surface area (TPSA) is 71.4 Å². The number of hydrogen-bond donors (Lipinski definition) is 1.